The van der Waals surface area contributed by atoms with Gasteiger partial charge in [-0.15, -0.1) is 0 Å². The number of morpholine rings is 1. The van der Waals surface area contributed by atoms with E-state index in [0.717, 1.165) is 5.56 Å². The molecule has 1 saturated heterocycles. The maximum atomic E-state index is 12.5. The zero-order chi connectivity index (χ0) is 16.4. The third kappa shape index (κ3) is 3.00. The fourth-order valence-corrected chi connectivity index (χ4v) is 2.88. The van der Waals surface area contributed by atoms with Crippen LogP contribution in [0.15, 0.2) is 48.5 Å². The monoisotopic (exact) mass is 326 g/mol. The predicted molar refractivity (Wildman–Crippen MR) is 88.3 cm³/mol. The summed E-state index contributed by atoms with van der Waals surface area (Å²) in [6.07, 6.45) is -0.0950. The van der Waals surface area contributed by atoms with Gasteiger partial charge in [0.05, 0.1) is 13.2 Å². The highest BCUT2D eigenvalue weighted by Gasteiger charge is 2.25. The molecule has 1 N–H and O–H groups in total. The molecule has 4 rings (SSSR count). The maximum absolute atomic E-state index is 12.5. The molecular formula is C18H18N2O4. The van der Waals surface area contributed by atoms with Crippen LogP contribution < -0.4 is 14.8 Å². The van der Waals surface area contributed by atoms with E-state index in [1.54, 1.807) is 23.1 Å². The number of hydrogen-bond donors (Lipinski definition) is 1. The van der Waals surface area contributed by atoms with E-state index in [1.807, 2.05) is 30.3 Å². The molecule has 124 valence electrons. The molecule has 6 heteroatoms. The van der Waals surface area contributed by atoms with Gasteiger partial charge in [-0.1, -0.05) is 30.3 Å². The molecule has 0 spiro atoms. The lowest BCUT2D eigenvalue weighted by Crippen LogP contribution is -2.44. The predicted octanol–water partition coefficient (Wildman–Crippen LogP) is 3.02. The molecule has 2 aliphatic rings. The second-order valence-corrected chi connectivity index (χ2v) is 5.71. The third-order valence-electron chi connectivity index (χ3n) is 4.15. The van der Waals surface area contributed by atoms with E-state index < -0.39 is 0 Å². The SMILES string of the molecule is O=C(Nc1ccc2c(c1)OCO2)N1CCO[C@@H](c2ccccc2)C1. The molecule has 2 aliphatic heterocycles. The topological polar surface area (TPSA) is 60.0 Å². The van der Waals surface area contributed by atoms with Crippen molar-refractivity contribution in [3.63, 3.8) is 0 Å². The molecule has 2 aromatic rings. The van der Waals surface area contributed by atoms with Gasteiger partial charge >= 0.3 is 6.03 Å². The minimum atomic E-state index is -0.141. The van der Waals surface area contributed by atoms with Crippen LogP contribution in [0.4, 0.5) is 10.5 Å². The smallest absolute Gasteiger partial charge is 0.322 e. The summed E-state index contributed by atoms with van der Waals surface area (Å²) in [4.78, 5) is 14.3. The van der Waals surface area contributed by atoms with Crippen LogP contribution in [0.1, 0.15) is 11.7 Å². The summed E-state index contributed by atoms with van der Waals surface area (Å²) in [6.45, 7) is 1.84. The van der Waals surface area contributed by atoms with E-state index >= 15 is 0 Å². The number of amides is 2. The Kier molecular flexibility index (Phi) is 3.96. The summed E-state index contributed by atoms with van der Waals surface area (Å²) in [5, 5.41) is 2.91. The molecule has 2 aromatic carbocycles. The first-order valence-electron chi connectivity index (χ1n) is 7.92. The maximum Gasteiger partial charge on any atom is 0.322 e. The van der Waals surface area contributed by atoms with Gasteiger partial charge in [0.15, 0.2) is 11.5 Å². The number of anilines is 1. The summed E-state index contributed by atoms with van der Waals surface area (Å²) in [7, 11) is 0. The normalized spacial score (nSPS) is 19.2. The van der Waals surface area contributed by atoms with Crippen molar-refractivity contribution in [3.8, 4) is 11.5 Å². The number of benzene rings is 2. The van der Waals surface area contributed by atoms with Gasteiger partial charge in [-0.2, -0.15) is 0 Å². The first-order chi connectivity index (χ1) is 11.8. The number of carbonyl (C=O) groups is 1. The summed E-state index contributed by atoms with van der Waals surface area (Å²) < 4.78 is 16.4. The quantitative estimate of drug-likeness (QED) is 0.921. The lowest BCUT2D eigenvalue weighted by atomic mass is 10.1. The fraction of sp³-hybridized carbons (Fsp3) is 0.278. The number of fused-ring (bicyclic) bond motifs is 1. The van der Waals surface area contributed by atoms with Crippen LogP contribution in [0.25, 0.3) is 0 Å². The van der Waals surface area contributed by atoms with Gasteiger partial charge in [-0.25, -0.2) is 4.79 Å². The standard InChI is InChI=1S/C18H18N2O4/c21-18(19-14-6-7-15-16(10-14)24-12-23-15)20-8-9-22-17(11-20)13-4-2-1-3-5-13/h1-7,10,17H,8-9,11-12H2,(H,19,21)/t17-/m1/s1. The van der Waals surface area contributed by atoms with E-state index in [2.05, 4.69) is 5.32 Å². The lowest BCUT2D eigenvalue weighted by Gasteiger charge is -2.33. The first kappa shape index (κ1) is 14.8. The van der Waals surface area contributed by atoms with Crippen molar-refractivity contribution in [2.24, 2.45) is 0 Å². The molecule has 2 amide bonds. The third-order valence-corrected chi connectivity index (χ3v) is 4.15. The second kappa shape index (κ2) is 6.41. The van der Waals surface area contributed by atoms with Crippen molar-refractivity contribution in [1.29, 1.82) is 0 Å². The molecule has 0 saturated carbocycles. The number of rotatable bonds is 2. The Morgan fingerprint density at radius 1 is 1.08 bits per heavy atom. The van der Waals surface area contributed by atoms with E-state index in [-0.39, 0.29) is 18.9 Å². The minimum absolute atomic E-state index is 0.0950. The molecule has 0 aliphatic carbocycles. The van der Waals surface area contributed by atoms with Crippen LogP contribution in [0, 0.1) is 0 Å². The molecular weight excluding hydrogens is 308 g/mol. The van der Waals surface area contributed by atoms with Gasteiger partial charge in [0.25, 0.3) is 0 Å². The Balaban J connectivity index is 1.42. The summed E-state index contributed by atoms with van der Waals surface area (Å²) in [6, 6.07) is 15.2. The van der Waals surface area contributed by atoms with Crippen LogP contribution in [0.5, 0.6) is 11.5 Å². The van der Waals surface area contributed by atoms with Crippen molar-refractivity contribution in [1.82, 2.24) is 4.90 Å². The highest BCUT2D eigenvalue weighted by atomic mass is 16.7. The van der Waals surface area contributed by atoms with Gasteiger partial charge in [-0.05, 0) is 17.7 Å². The largest absolute Gasteiger partial charge is 0.454 e. The van der Waals surface area contributed by atoms with Crippen LogP contribution in [0.3, 0.4) is 0 Å². The number of urea groups is 1. The Labute approximate surface area is 139 Å². The summed E-state index contributed by atoms with van der Waals surface area (Å²) in [5.41, 5.74) is 1.77. The Bertz CT molecular complexity index is 735. The fourth-order valence-electron chi connectivity index (χ4n) is 2.88. The van der Waals surface area contributed by atoms with Crippen molar-refractivity contribution in [2.75, 3.05) is 31.8 Å². The highest BCUT2D eigenvalue weighted by Crippen LogP contribution is 2.34. The van der Waals surface area contributed by atoms with Crippen molar-refractivity contribution >= 4 is 11.7 Å². The number of nitrogens with zero attached hydrogens (tertiary/aromatic N) is 1. The lowest BCUT2D eigenvalue weighted by molar-refractivity contribution is -0.0135. The zero-order valence-corrected chi connectivity index (χ0v) is 13.1. The molecule has 0 bridgehead atoms. The Morgan fingerprint density at radius 3 is 2.79 bits per heavy atom. The minimum Gasteiger partial charge on any atom is -0.454 e. The van der Waals surface area contributed by atoms with Crippen LogP contribution in [-0.2, 0) is 4.74 Å². The number of hydrogen-bond acceptors (Lipinski definition) is 4. The molecule has 2 heterocycles. The van der Waals surface area contributed by atoms with Crippen LogP contribution >= 0.6 is 0 Å². The number of ether oxygens (including phenoxy) is 3. The van der Waals surface area contributed by atoms with E-state index in [0.29, 0.717) is 36.9 Å². The van der Waals surface area contributed by atoms with Gasteiger partial charge in [0.1, 0.15) is 6.10 Å². The van der Waals surface area contributed by atoms with E-state index in [1.165, 1.54) is 0 Å². The van der Waals surface area contributed by atoms with Gasteiger partial charge < -0.3 is 24.4 Å². The van der Waals surface area contributed by atoms with Crippen molar-refractivity contribution in [2.45, 2.75) is 6.10 Å². The highest BCUT2D eigenvalue weighted by molar-refractivity contribution is 5.89. The van der Waals surface area contributed by atoms with E-state index in [9.17, 15) is 4.79 Å². The molecule has 0 unspecified atom stereocenters. The molecule has 1 atom stereocenters. The van der Waals surface area contributed by atoms with Gasteiger partial charge in [-0.3, -0.25) is 0 Å². The second-order valence-electron chi connectivity index (χ2n) is 5.71. The molecule has 1 fully saturated rings. The molecule has 6 nitrogen and oxygen atoms in total. The first-order valence-corrected chi connectivity index (χ1v) is 7.92. The van der Waals surface area contributed by atoms with E-state index in [4.69, 9.17) is 14.2 Å². The van der Waals surface area contributed by atoms with Crippen molar-refractivity contribution < 1.29 is 19.0 Å². The molecule has 0 radical (unpaired) electrons. The molecule has 24 heavy (non-hydrogen) atoms. The summed E-state index contributed by atoms with van der Waals surface area (Å²) >= 11 is 0. The average molecular weight is 326 g/mol. The summed E-state index contributed by atoms with van der Waals surface area (Å²) in [5.74, 6) is 1.35. The molecule has 0 aromatic heterocycles. The van der Waals surface area contributed by atoms with Crippen LogP contribution in [-0.4, -0.2) is 37.4 Å². The number of nitrogens with one attached hydrogen (secondary N) is 1. The van der Waals surface area contributed by atoms with Gasteiger partial charge in [0, 0.05) is 18.3 Å². The Hall–Kier alpha value is -2.73. The van der Waals surface area contributed by atoms with Crippen LogP contribution in [0.2, 0.25) is 0 Å². The zero-order valence-electron chi connectivity index (χ0n) is 13.1. The average Bonchev–Trinajstić information content (AvgIpc) is 3.10. The van der Waals surface area contributed by atoms with Crippen molar-refractivity contribution in [3.05, 3.63) is 54.1 Å². The number of carbonyl (C=O) groups excluding carboxylic acids is 1. The van der Waals surface area contributed by atoms with Gasteiger partial charge in [0.2, 0.25) is 6.79 Å². The Morgan fingerprint density at radius 2 is 1.92 bits per heavy atom.